The predicted molar refractivity (Wildman–Crippen MR) is 149 cm³/mol. The molecule has 0 aliphatic rings. The molecule has 3 rings (SSSR count). The van der Waals surface area contributed by atoms with E-state index in [2.05, 4.69) is 26.6 Å². The topological polar surface area (TPSA) is 89.1 Å². The highest BCUT2D eigenvalue weighted by Gasteiger charge is 2.30. The number of nitrogens with zero attached hydrogens (tertiary/aromatic N) is 1. The molecule has 8 nitrogen and oxygen atoms in total. The van der Waals surface area contributed by atoms with Gasteiger partial charge in [0, 0.05) is 23.8 Å². The van der Waals surface area contributed by atoms with Crippen molar-refractivity contribution >= 4 is 44.2 Å². The number of ether oxygens (including phenoxy) is 3. The van der Waals surface area contributed by atoms with Gasteiger partial charge in [0.1, 0.15) is 17.5 Å². The summed E-state index contributed by atoms with van der Waals surface area (Å²) in [5.41, 5.74) is 1.43. The summed E-state index contributed by atoms with van der Waals surface area (Å²) in [5.74, 6) is 0.640. The average molecular weight is 573 g/mol. The van der Waals surface area contributed by atoms with Crippen molar-refractivity contribution in [2.75, 3.05) is 39.9 Å². The zero-order valence-electron chi connectivity index (χ0n) is 21.8. The predicted octanol–water partition coefficient (Wildman–Crippen LogP) is 4.28. The summed E-state index contributed by atoms with van der Waals surface area (Å²) in [6, 6.07) is 15.9. The van der Waals surface area contributed by atoms with Gasteiger partial charge >= 0.3 is 0 Å². The van der Waals surface area contributed by atoms with Gasteiger partial charge in [0.25, 0.3) is 0 Å². The van der Waals surface area contributed by atoms with Crippen LogP contribution < -0.4 is 25.0 Å². The molecule has 0 fully saturated rings. The van der Waals surface area contributed by atoms with E-state index in [1.54, 1.807) is 46.3 Å². The maximum absolute atomic E-state index is 14.2. The van der Waals surface area contributed by atoms with Gasteiger partial charge in [-0.25, -0.2) is 0 Å². The molecule has 0 aromatic heterocycles. The van der Waals surface area contributed by atoms with Gasteiger partial charge in [-0.3, -0.25) is 9.59 Å². The van der Waals surface area contributed by atoms with E-state index in [4.69, 9.17) is 14.2 Å². The third-order valence-electron chi connectivity index (χ3n) is 6.28. The van der Waals surface area contributed by atoms with Crippen LogP contribution in [-0.4, -0.2) is 58.9 Å². The van der Waals surface area contributed by atoms with Crippen LogP contribution in [0.5, 0.6) is 11.5 Å². The molecule has 3 aromatic rings. The van der Waals surface area contributed by atoms with Crippen LogP contribution in [0.15, 0.2) is 59.1 Å². The highest BCUT2D eigenvalue weighted by molar-refractivity contribution is 9.10. The minimum atomic E-state index is -0.816. The van der Waals surface area contributed by atoms with E-state index in [-0.39, 0.29) is 18.4 Å². The molecule has 0 saturated heterocycles. The second-order valence-electron chi connectivity index (χ2n) is 8.56. The number of methoxy groups -OCH3 is 3. The van der Waals surface area contributed by atoms with Crippen LogP contribution in [0.4, 0.5) is 5.69 Å². The highest BCUT2D eigenvalue weighted by atomic mass is 79.9. The fourth-order valence-corrected chi connectivity index (χ4v) is 4.48. The normalized spacial score (nSPS) is 12.6. The second-order valence-corrected chi connectivity index (χ2v) is 9.48. The summed E-state index contributed by atoms with van der Waals surface area (Å²) >= 11 is 3.54. The summed E-state index contributed by atoms with van der Waals surface area (Å²) in [6.07, 6.45) is 0.308. The van der Waals surface area contributed by atoms with Gasteiger partial charge in [0.2, 0.25) is 11.8 Å². The number of hydrogen-bond donors (Lipinski definition) is 2. The minimum absolute atomic E-state index is 0.197. The number of benzene rings is 3. The first kappa shape index (κ1) is 28.4. The molecule has 2 N–H and O–H groups in total. The van der Waals surface area contributed by atoms with Crippen molar-refractivity contribution in [3.8, 4) is 11.5 Å². The lowest BCUT2D eigenvalue weighted by Gasteiger charge is -2.30. The van der Waals surface area contributed by atoms with Crippen molar-refractivity contribution < 1.29 is 23.8 Å². The number of carbonyl (C=O) groups excluding carboxylic acids is 2. The fraction of sp³-hybridized carbons (Fsp3) is 0.357. The smallest absolute Gasteiger partial charge is 0.250 e. The zero-order chi connectivity index (χ0) is 26.9. The molecule has 2 atom stereocenters. The number of fused-ring (bicyclic) bond motifs is 1. The minimum Gasteiger partial charge on any atom is -0.496 e. The first-order valence-electron chi connectivity index (χ1n) is 12.0. The van der Waals surface area contributed by atoms with Crippen molar-refractivity contribution in [3.63, 3.8) is 0 Å². The van der Waals surface area contributed by atoms with Gasteiger partial charge in [-0.1, -0.05) is 40.2 Å². The fourth-order valence-electron chi connectivity index (χ4n) is 4.10. The number of para-hydroxylation sites is 2. The lowest BCUT2D eigenvalue weighted by atomic mass is 10.0. The van der Waals surface area contributed by atoms with E-state index in [9.17, 15) is 9.59 Å². The Bertz CT molecular complexity index is 1240. The molecule has 3 aromatic carbocycles. The Balaban J connectivity index is 2.13. The number of nitrogens with one attached hydrogen (secondary N) is 2. The van der Waals surface area contributed by atoms with E-state index in [1.807, 2.05) is 48.5 Å². The first-order valence-corrected chi connectivity index (χ1v) is 12.8. The SMILES string of the molecule is CNC(C)C(=O)NC(CCOC)C(=O)N(Cc1c(OC)ccc2cc(Br)ccc12)c1ccccc1OC. The molecule has 198 valence electrons. The van der Waals surface area contributed by atoms with Crippen LogP contribution in [0.3, 0.4) is 0 Å². The Morgan fingerprint density at radius 3 is 2.41 bits per heavy atom. The van der Waals surface area contributed by atoms with Crippen LogP contribution in [0.2, 0.25) is 0 Å². The van der Waals surface area contributed by atoms with Gasteiger partial charge in [0.05, 0.1) is 32.5 Å². The van der Waals surface area contributed by atoms with Crippen molar-refractivity contribution in [1.29, 1.82) is 0 Å². The standard InChI is InChI=1S/C28H34BrN3O5/c1-18(30-2)27(33)31-23(14-15-35-3)28(34)32(24-8-6-7-9-26(24)37-5)17-22-21-12-11-20(29)16-19(21)10-13-25(22)36-4/h6-13,16,18,23,30H,14-15,17H2,1-5H3,(H,31,33). The molecule has 0 heterocycles. The van der Waals surface area contributed by atoms with E-state index in [0.29, 0.717) is 30.2 Å². The molecule has 0 spiro atoms. The quantitative estimate of drug-likeness (QED) is 0.337. The van der Waals surface area contributed by atoms with Crippen LogP contribution >= 0.6 is 15.9 Å². The van der Waals surface area contributed by atoms with Crippen molar-refractivity contribution in [2.24, 2.45) is 0 Å². The van der Waals surface area contributed by atoms with E-state index >= 15 is 0 Å². The number of rotatable bonds is 12. The zero-order valence-corrected chi connectivity index (χ0v) is 23.4. The number of amides is 2. The molecule has 2 amide bonds. The largest absolute Gasteiger partial charge is 0.496 e. The summed E-state index contributed by atoms with van der Waals surface area (Å²) in [7, 11) is 6.44. The Morgan fingerprint density at radius 1 is 1.00 bits per heavy atom. The Hall–Kier alpha value is -3.14. The van der Waals surface area contributed by atoms with Crippen LogP contribution in [-0.2, 0) is 20.9 Å². The monoisotopic (exact) mass is 571 g/mol. The average Bonchev–Trinajstić information content (AvgIpc) is 2.92. The first-order chi connectivity index (χ1) is 17.8. The molecule has 0 aliphatic heterocycles. The summed E-state index contributed by atoms with van der Waals surface area (Å²) in [5, 5.41) is 7.77. The lowest BCUT2D eigenvalue weighted by Crippen LogP contribution is -2.53. The third kappa shape index (κ3) is 6.80. The Morgan fingerprint density at radius 2 is 1.73 bits per heavy atom. The Labute approximate surface area is 226 Å². The molecule has 0 saturated carbocycles. The number of hydrogen-bond acceptors (Lipinski definition) is 6. The van der Waals surface area contributed by atoms with Crippen LogP contribution in [0, 0.1) is 0 Å². The van der Waals surface area contributed by atoms with E-state index in [0.717, 1.165) is 20.8 Å². The van der Waals surface area contributed by atoms with Gasteiger partial charge in [-0.2, -0.15) is 0 Å². The molecule has 37 heavy (non-hydrogen) atoms. The van der Waals surface area contributed by atoms with Gasteiger partial charge in [0.15, 0.2) is 0 Å². The molecule has 0 radical (unpaired) electrons. The summed E-state index contributed by atoms with van der Waals surface area (Å²) in [6.45, 7) is 2.24. The molecule has 2 unspecified atom stereocenters. The Kier molecular flexibility index (Phi) is 10.3. The maximum atomic E-state index is 14.2. The third-order valence-corrected chi connectivity index (χ3v) is 6.77. The second kappa shape index (κ2) is 13.4. The number of anilines is 1. The van der Waals surface area contributed by atoms with Crippen molar-refractivity contribution in [3.05, 3.63) is 64.6 Å². The van der Waals surface area contributed by atoms with Crippen molar-refractivity contribution in [1.82, 2.24) is 10.6 Å². The number of carbonyl (C=O) groups is 2. The highest BCUT2D eigenvalue weighted by Crippen LogP contribution is 2.35. The van der Waals surface area contributed by atoms with Gasteiger partial charge < -0.3 is 29.7 Å². The lowest BCUT2D eigenvalue weighted by molar-refractivity contribution is -0.129. The van der Waals surface area contributed by atoms with Gasteiger partial charge in [-0.05, 0) is 61.5 Å². The van der Waals surface area contributed by atoms with Crippen LogP contribution in [0.1, 0.15) is 18.9 Å². The van der Waals surface area contributed by atoms with Crippen molar-refractivity contribution in [2.45, 2.75) is 32.0 Å². The maximum Gasteiger partial charge on any atom is 0.250 e. The molecule has 0 bridgehead atoms. The molecule has 0 aliphatic carbocycles. The van der Waals surface area contributed by atoms with E-state index in [1.165, 1.54) is 0 Å². The molecule has 9 heteroatoms. The summed E-state index contributed by atoms with van der Waals surface area (Å²) in [4.78, 5) is 28.6. The number of halogens is 1. The molecular weight excluding hydrogens is 538 g/mol. The van der Waals surface area contributed by atoms with Gasteiger partial charge in [-0.15, -0.1) is 0 Å². The van der Waals surface area contributed by atoms with E-state index < -0.39 is 12.1 Å². The molecular formula is C28H34BrN3O5. The van der Waals surface area contributed by atoms with Crippen LogP contribution in [0.25, 0.3) is 10.8 Å². The summed E-state index contributed by atoms with van der Waals surface area (Å²) < 4.78 is 17.5. The number of likely N-dealkylation sites (N-methyl/N-ethyl adjacent to an activating group) is 1.